The van der Waals surface area contributed by atoms with Crippen molar-refractivity contribution in [3.63, 3.8) is 0 Å². The molecule has 0 aliphatic rings. The van der Waals surface area contributed by atoms with Crippen LogP contribution >= 0.6 is 7.82 Å². The fourth-order valence-corrected chi connectivity index (χ4v) is 7.27. The number of hydrogen-bond acceptors (Lipinski definition) is 8. The Kier molecular flexibility index (Phi) is 45.0. The van der Waals surface area contributed by atoms with Crippen LogP contribution in [0.15, 0.2) is 72.9 Å². The van der Waals surface area contributed by atoms with Crippen molar-refractivity contribution in [2.24, 2.45) is 5.73 Å². The lowest BCUT2D eigenvalue weighted by Gasteiger charge is -2.19. The minimum atomic E-state index is -4.42. The summed E-state index contributed by atoms with van der Waals surface area (Å²) in [6, 6.07) is 0. The van der Waals surface area contributed by atoms with Crippen molar-refractivity contribution in [2.75, 3.05) is 26.4 Å². The zero-order valence-corrected chi connectivity index (χ0v) is 39.8. The summed E-state index contributed by atoms with van der Waals surface area (Å²) in [5.41, 5.74) is 5.35. The fraction of sp³-hybridized carbons (Fsp3) is 0.725. The lowest BCUT2D eigenvalue weighted by Crippen LogP contribution is -2.29. The van der Waals surface area contributed by atoms with E-state index in [9.17, 15) is 19.0 Å². The molecule has 0 saturated carbocycles. The molecule has 0 fully saturated rings. The molecule has 0 aromatic heterocycles. The van der Waals surface area contributed by atoms with Crippen LogP contribution in [0.5, 0.6) is 0 Å². The summed E-state index contributed by atoms with van der Waals surface area (Å²) in [4.78, 5) is 34.8. The smallest absolute Gasteiger partial charge is 0.461 e. The summed E-state index contributed by atoms with van der Waals surface area (Å²) >= 11 is 0. The van der Waals surface area contributed by atoms with Crippen LogP contribution in [0.25, 0.3) is 0 Å². The van der Waals surface area contributed by atoms with Gasteiger partial charge in [0.2, 0.25) is 0 Å². The molecule has 2 atom stereocenters. The van der Waals surface area contributed by atoms with Crippen molar-refractivity contribution < 1.29 is 37.6 Å². The summed E-state index contributed by atoms with van der Waals surface area (Å²) in [5, 5.41) is 0. The first kappa shape index (κ1) is 58.5. The van der Waals surface area contributed by atoms with E-state index in [1.165, 1.54) is 141 Å². The van der Waals surface area contributed by atoms with Crippen LogP contribution in [0.4, 0.5) is 0 Å². The second-order valence-electron chi connectivity index (χ2n) is 16.0. The van der Waals surface area contributed by atoms with Gasteiger partial charge in [0.15, 0.2) is 6.10 Å². The maximum Gasteiger partial charge on any atom is 0.472 e. The van der Waals surface area contributed by atoms with E-state index in [4.69, 9.17) is 24.3 Å². The second kappa shape index (κ2) is 46.9. The van der Waals surface area contributed by atoms with Crippen molar-refractivity contribution in [3.8, 4) is 0 Å². The van der Waals surface area contributed by atoms with Gasteiger partial charge in [-0.05, 0) is 51.4 Å². The topological polar surface area (TPSA) is 134 Å². The Morgan fingerprint density at radius 2 is 0.852 bits per heavy atom. The lowest BCUT2D eigenvalue weighted by atomic mass is 10.1. The highest BCUT2D eigenvalue weighted by Crippen LogP contribution is 2.43. The molecule has 0 spiro atoms. The quantitative estimate of drug-likeness (QED) is 0.0265. The molecule has 0 rings (SSSR count). The summed E-state index contributed by atoms with van der Waals surface area (Å²) in [6.07, 6.45) is 58.7. The van der Waals surface area contributed by atoms with Crippen molar-refractivity contribution >= 4 is 19.8 Å². The van der Waals surface area contributed by atoms with Gasteiger partial charge < -0.3 is 20.1 Å². The Morgan fingerprint density at radius 3 is 1.26 bits per heavy atom. The zero-order valence-electron chi connectivity index (χ0n) is 38.9. The third kappa shape index (κ3) is 46.8. The number of carbonyl (C=O) groups excluding carboxylic acids is 2. The van der Waals surface area contributed by atoms with Crippen LogP contribution in [0.2, 0.25) is 0 Å². The van der Waals surface area contributed by atoms with Crippen LogP contribution < -0.4 is 5.73 Å². The largest absolute Gasteiger partial charge is 0.472 e. The minimum Gasteiger partial charge on any atom is -0.461 e. The van der Waals surface area contributed by atoms with E-state index in [0.29, 0.717) is 12.8 Å². The Bertz CT molecular complexity index is 1230. The van der Waals surface area contributed by atoms with Gasteiger partial charge in [-0.15, -0.1) is 0 Å². The molecule has 0 aliphatic carbocycles. The molecule has 0 saturated heterocycles. The van der Waals surface area contributed by atoms with E-state index in [2.05, 4.69) is 56.4 Å². The van der Waals surface area contributed by atoms with E-state index in [-0.39, 0.29) is 32.6 Å². The first-order chi connectivity index (χ1) is 29.8. The Morgan fingerprint density at radius 1 is 0.492 bits per heavy atom. The summed E-state index contributed by atoms with van der Waals surface area (Å²) in [7, 11) is -4.42. The molecule has 352 valence electrons. The standard InChI is InChI=1S/C51H90NO8P/c1-3-5-7-9-11-13-15-17-19-21-23-25-27-29-31-33-35-37-39-41-43-50(53)57-47-49(48-59-61(55,56)58-46-45-52)60-51(54)44-42-40-38-36-34-32-30-28-26-24-22-20-18-16-14-12-10-8-6-4-2/h27-30,33-36,39-42,49H,3-26,31-32,37-38,43-48,52H2,1-2H3,(H,55,56)/t49-/m1/s1. The van der Waals surface area contributed by atoms with Crippen LogP contribution in [0, 0.1) is 0 Å². The lowest BCUT2D eigenvalue weighted by molar-refractivity contribution is -0.160. The minimum absolute atomic E-state index is 0.0109. The van der Waals surface area contributed by atoms with Gasteiger partial charge in [0, 0.05) is 6.54 Å². The van der Waals surface area contributed by atoms with Crippen LogP contribution in [-0.4, -0.2) is 49.3 Å². The second-order valence-corrected chi connectivity index (χ2v) is 17.5. The van der Waals surface area contributed by atoms with Gasteiger partial charge in [0.05, 0.1) is 26.1 Å². The molecule has 0 radical (unpaired) electrons. The molecule has 61 heavy (non-hydrogen) atoms. The summed E-state index contributed by atoms with van der Waals surface area (Å²) in [5.74, 6) is -1.10. The molecule has 0 aromatic carbocycles. The number of phosphoric ester groups is 1. The third-order valence-electron chi connectivity index (χ3n) is 10.1. The SMILES string of the molecule is CCCCCCCCCCCCCC=CCC=CCC=CCC(=O)OC[C@H](COP(=O)(O)OCCN)OC(=O)CC=CCC=CCC=CCCCCCCCCCCCCC. The molecule has 10 heteroatoms. The number of nitrogens with two attached hydrogens (primary N) is 1. The number of ether oxygens (including phenoxy) is 2. The van der Waals surface area contributed by atoms with Crippen molar-refractivity contribution in [3.05, 3.63) is 72.9 Å². The molecular weight excluding hydrogens is 786 g/mol. The van der Waals surface area contributed by atoms with Crippen LogP contribution in [0.1, 0.15) is 206 Å². The van der Waals surface area contributed by atoms with E-state index in [0.717, 1.165) is 25.7 Å². The van der Waals surface area contributed by atoms with Crippen molar-refractivity contribution in [2.45, 2.75) is 213 Å². The van der Waals surface area contributed by atoms with E-state index >= 15 is 0 Å². The van der Waals surface area contributed by atoms with Crippen LogP contribution in [-0.2, 0) is 32.7 Å². The Hall–Kier alpha value is -2.55. The zero-order chi connectivity index (χ0) is 44.6. The predicted molar refractivity (Wildman–Crippen MR) is 256 cm³/mol. The van der Waals surface area contributed by atoms with Gasteiger partial charge in [0.25, 0.3) is 0 Å². The van der Waals surface area contributed by atoms with Gasteiger partial charge in [-0.25, -0.2) is 4.57 Å². The molecular formula is C51H90NO8P. The fourth-order valence-electron chi connectivity index (χ4n) is 6.51. The van der Waals surface area contributed by atoms with Crippen molar-refractivity contribution in [1.29, 1.82) is 0 Å². The molecule has 9 nitrogen and oxygen atoms in total. The molecule has 1 unspecified atom stereocenters. The first-order valence-corrected chi connectivity index (χ1v) is 25.9. The summed E-state index contributed by atoms with van der Waals surface area (Å²) < 4.78 is 32.6. The highest BCUT2D eigenvalue weighted by Gasteiger charge is 2.25. The number of phosphoric acid groups is 1. The number of unbranched alkanes of at least 4 members (excludes halogenated alkanes) is 22. The van der Waals surface area contributed by atoms with Gasteiger partial charge in [-0.1, -0.05) is 215 Å². The molecule has 0 amide bonds. The number of allylic oxidation sites excluding steroid dienone is 10. The average Bonchev–Trinajstić information content (AvgIpc) is 3.25. The van der Waals surface area contributed by atoms with Gasteiger partial charge in [-0.2, -0.15) is 0 Å². The number of esters is 2. The van der Waals surface area contributed by atoms with E-state index in [1.807, 2.05) is 18.2 Å². The van der Waals surface area contributed by atoms with Gasteiger partial charge in [0.1, 0.15) is 6.61 Å². The van der Waals surface area contributed by atoms with Gasteiger partial charge in [-0.3, -0.25) is 18.6 Å². The van der Waals surface area contributed by atoms with E-state index in [1.54, 1.807) is 12.2 Å². The highest BCUT2D eigenvalue weighted by molar-refractivity contribution is 7.47. The van der Waals surface area contributed by atoms with Crippen molar-refractivity contribution in [1.82, 2.24) is 0 Å². The maximum absolute atomic E-state index is 12.6. The molecule has 0 bridgehead atoms. The van der Waals surface area contributed by atoms with Gasteiger partial charge >= 0.3 is 19.8 Å². The Balaban J connectivity index is 4.30. The highest BCUT2D eigenvalue weighted by atomic mass is 31.2. The third-order valence-corrected chi connectivity index (χ3v) is 11.1. The molecule has 0 heterocycles. The first-order valence-electron chi connectivity index (χ1n) is 24.4. The Labute approximate surface area is 373 Å². The van der Waals surface area contributed by atoms with E-state index < -0.39 is 32.5 Å². The average molecular weight is 876 g/mol. The predicted octanol–water partition coefficient (Wildman–Crippen LogP) is 14.6. The number of carbonyl (C=O) groups is 2. The molecule has 3 N–H and O–H groups in total. The number of hydrogen-bond donors (Lipinski definition) is 2. The molecule has 0 aromatic rings. The van der Waals surface area contributed by atoms with Crippen LogP contribution in [0.3, 0.4) is 0 Å². The number of rotatable bonds is 45. The molecule has 0 aliphatic heterocycles. The maximum atomic E-state index is 12.6. The monoisotopic (exact) mass is 876 g/mol. The normalized spacial score (nSPS) is 13.8. The summed E-state index contributed by atoms with van der Waals surface area (Å²) in [6.45, 7) is 3.55.